The highest BCUT2D eigenvalue weighted by atomic mass is 32.2. The van der Waals surface area contributed by atoms with Crippen LogP contribution in [0.1, 0.15) is 0 Å². The third-order valence-electron chi connectivity index (χ3n) is 4.54. The van der Waals surface area contributed by atoms with Crippen LogP contribution in [0, 0.1) is 0 Å². The van der Waals surface area contributed by atoms with E-state index in [1.807, 2.05) is 30.3 Å². The van der Waals surface area contributed by atoms with E-state index in [9.17, 15) is 13.2 Å². The zero-order valence-electron chi connectivity index (χ0n) is 15.3. The Balaban J connectivity index is 1.99. The molecule has 2 aromatic heterocycles. The lowest BCUT2D eigenvalue weighted by atomic mass is 10.0. The molecule has 0 aliphatic carbocycles. The van der Waals surface area contributed by atoms with Crippen LogP contribution in [0.25, 0.3) is 22.0 Å². The standard InChI is InChI=1S/C21H18N2O4S/c1-23-13-18(16-10-11-22-21(24)20(16)23)17-12-15(28(2,25)26)8-9-19(17)27-14-6-4-3-5-7-14/h3-13H,1-2H3,(H,22,24). The Hall–Kier alpha value is -3.32. The second-order valence-electron chi connectivity index (χ2n) is 6.57. The Bertz CT molecular complexity index is 1340. The first-order valence-electron chi connectivity index (χ1n) is 8.59. The van der Waals surface area contributed by atoms with Crippen LogP contribution in [0.5, 0.6) is 11.5 Å². The molecule has 0 amide bonds. The van der Waals surface area contributed by atoms with Crippen LogP contribution in [0.15, 0.2) is 76.7 Å². The molecule has 7 heteroatoms. The van der Waals surface area contributed by atoms with E-state index < -0.39 is 9.84 Å². The van der Waals surface area contributed by atoms with Crippen LogP contribution < -0.4 is 10.3 Å². The number of hydrogen-bond donors (Lipinski definition) is 1. The summed E-state index contributed by atoms with van der Waals surface area (Å²) < 4.78 is 32.0. The molecular formula is C21H18N2O4S. The van der Waals surface area contributed by atoms with Gasteiger partial charge in [0.1, 0.15) is 17.0 Å². The molecule has 2 heterocycles. The highest BCUT2D eigenvalue weighted by Crippen LogP contribution is 2.38. The predicted molar refractivity (Wildman–Crippen MR) is 109 cm³/mol. The maximum Gasteiger partial charge on any atom is 0.272 e. The zero-order chi connectivity index (χ0) is 19.9. The predicted octanol–water partition coefficient (Wildman–Crippen LogP) is 3.73. The second-order valence-corrected chi connectivity index (χ2v) is 8.58. The number of hydrogen-bond acceptors (Lipinski definition) is 4. The lowest BCUT2D eigenvalue weighted by molar-refractivity contribution is 0.484. The molecule has 0 spiro atoms. The highest BCUT2D eigenvalue weighted by molar-refractivity contribution is 7.90. The quantitative estimate of drug-likeness (QED) is 0.572. The number of H-pyrrole nitrogens is 1. The Morgan fingerprint density at radius 3 is 2.46 bits per heavy atom. The topological polar surface area (TPSA) is 81.2 Å². The molecule has 28 heavy (non-hydrogen) atoms. The number of aryl methyl sites for hydroxylation is 1. The molecule has 0 unspecified atom stereocenters. The molecule has 0 bridgehead atoms. The Morgan fingerprint density at radius 1 is 1.00 bits per heavy atom. The number of para-hydroxylation sites is 1. The van der Waals surface area contributed by atoms with E-state index in [0.717, 1.165) is 17.2 Å². The van der Waals surface area contributed by atoms with E-state index in [1.165, 1.54) is 6.07 Å². The number of aromatic nitrogens is 2. The summed E-state index contributed by atoms with van der Waals surface area (Å²) in [5, 5.41) is 0.717. The molecule has 1 N–H and O–H groups in total. The third kappa shape index (κ3) is 3.20. The summed E-state index contributed by atoms with van der Waals surface area (Å²) in [6, 6.07) is 15.8. The average Bonchev–Trinajstić information content (AvgIpc) is 3.00. The summed E-state index contributed by atoms with van der Waals surface area (Å²) in [5.41, 5.74) is 1.62. The molecule has 0 aliphatic rings. The van der Waals surface area contributed by atoms with Crippen molar-refractivity contribution in [1.82, 2.24) is 9.55 Å². The molecular weight excluding hydrogens is 376 g/mol. The van der Waals surface area contributed by atoms with E-state index in [2.05, 4.69) is 4.98 Å². The van der Waals surface area contributed by atoms with Crippen LogP contribution in [0.4, 0.5) is 0 Å². The SMILES string of the molecule is Cn1cc(-c2cc(S(C)(=O)=O)ccc2Oc2ccccc2)c2cc[nH]c(=O)c21. The molecule has 0 saturated carbocycles. The summed E-state index contributed by atoms with van der Waals surface area (Å²) in [7, 11) is -1.63. The Labute approximate surface area is 161 Å². The van der Waals surface area contributed by atoms with Gasteiger partial charge in [0.25, 0.3) is 5.56 Å². The minimum Gasteiger partial charge on any atom is -0.457 e. The second kappa shape index (κ2) is 6.69. The van der Waals surface area contributed by atoms with Crippen molar-refractivity contribution >= 4 is 20.7 Å². The number of fused-ring (bicyclic) bond motifs is 1. The summed E-state index contributed by atoms with van der Waals surface area (Å²) in [4.78, 5) is 15.1. The maximum absolute atomic E-state index is 12.2. The van der Waals surface area contributed by atoms with Gasteiger partial charge in [-0.15, -0.1) is 0 Å². The molecule has 0 atom stereocenters. The summed E-state index contributed by atoms with van der Waals surface area (Å²) in [6.45, 7) is 0. The smallest absolute Gasteiger partial charge is 0.272 e. The van der Waals surface area contributed by atoms with Gasteiger partial charge < -0.3 is 14.3 Å². The first kappa shape index (κ1) is 18.1. The molecule has 0 radical (unpaired) electrons. The first-order chi connectivity index (χ1) is 13.3. The van der Waals surface area contributed by atoms with Gasteiger partial charge in [0.05, 0.1) is 4.90 Å². The number of rotatable bonds is 4. The molecule has 2 aromatic carbocycles. The number of ether oxygens (including phenoxy) is 1. The minimum absolute atomic E-state index is 0.185. The maximum atomic E-state index is 12.2. The van der Waals surface area contributed by atoms with Gasteiger partial charge in [-0.05, 0) is 36.4 Å². The van der Waals surface area contributed by atoms with Gasteiger partial charge in [0.15, 0.2) is 9.84 Å². The summed E-state index contributed by atoms with van der Waals surface area (Å²) in [5.74, 6) is 1.14. The lowest BCUT2D eigenvalue weighted by Crippen LogP contribution is -2.07. The van der Waals surface area contributed by atoms with Crippen LogP contribution >= 0.6 is 0 Å². The molecule has 142 valence electrons. The van der Waals surface area contributed by atoms with Crippen LogP contribution in [0.2, 0.25) is 0 Å². The first-order valence-corrected chi connectivity index (χ1v) is 10.5. The fourth-order valence-electron chi connectivity index (χ4n) is 3.23. The Kier molecular flexibility index (Phi) is 4.31. The number of benzene rings is 2. The van der Waals surface area contributed by atoms with Crippen molar-refractivity contribution in [3.8, 4) is 22.6 Å². The fourth-order valence-corrected chi connectivity index (χ4v) is 3.88. The summed E-state index contributed by atoms with van der Waals surface area (Å²) >= 11 is 0. The minimum atomic E-state index is -3.41. The normalized spacial score (nSPS) is 11.6. The van der Waals surface area contributed by atoms with Crippen molar-refractivity contribution in [2.45, 2.75) is 4.90 Å². The average molecular weight is 394 g/mol. The van der Waals surface area contributed by atoms with E-state index in [4.69, 9.17) is 4.74 Å². The number of nitrogens with zero attached hydrogens (tertiary/aromatic N) is 1. The van der Waals surface area contributed by atoms with Crippen molar-refractivity contribution in [2.75, 3.05) is 6.26 Å². The number of sulfone groups is 1. The van der Waals surface area contributed by atoms with Crippen molar-refractivity contribution < 1.29 is 13.2 Å². The summed E-state index contributed by atoms with van der Waals surface area (Å²) in [6.07, 6.45) is 4.54. The highest BCUT2D eigenvalue weighted by Gasteiger charge is 2.18. The van der Waals surface area contributed by atoms with Gasteiger partial charge in [-0.2, -0.15) is 0 Å². The van der Waals surface area contributed by atoms with Crippen molar-refractivity contribution in [3.63, 3.8) is 0 Å². The van der Waals surface area contributed by atoms with E-state index in [1.54, 1.807) is 42.2 Å². The third-order valence-corrected chi connectivity index (χ3v) is 5.65. The molecule has 0 aliphatic heterocycles. The van der Waals surface area contributed by atoms with E-state index >= 15 is 0 Å². The van der Waals surface area contributed by atoms with E-state index in [0.29, 0.717) is 22.6 Å². The zero-order valence-corrected chi connectivity index (χ0v) is 16.2. The molecule has 0 fully saturated rings. The van der Waals surface area contributed by atoms with Gasteiger partial charge in [0, 0.05) is 42.2 Å². The molecule has 6 nitrogen and oxygen atoms in total. The number of pyridine rings is 1. The van der Waals surface area contributed by atoms with Crippen LogP contribution in [-0.2, 0) is 16.9 Å². The number of nitrogens with one attached hydrogen (secondary N) is 1. The number of aromatic amines is 1. The lowest BCUT2D eigenvalue weighted by Gasteiger charge is -2.12. The molecule has 0 saturated heterocycles. The molecule has 4 rings (SSSR count). The van der Waals surface area contributed by atoms with Gasteiger partial charge in [-0.1, -0.05) is 18.2 Å². The van der Waals surface area contributed by atoms with E-state index in [-0.39, 0.29) is 10.5 Å². The van der Waals surface area contributed by atoms with Crippen molar-refractivity contribution in [1.29, 1.82) is 0 Å². The monoisotopic (exact) mass is 394 g/mol. The largest absolute Gasteiger partial charge is 0.457 e. The van der Waals surface area contributed by atoms with Gasteiger partial charge >= 0.3 is 0 Å². The van der Waals surface area contributed by atoms with Gasteiger partial charge in [-0.25, -0.2) is 8.42 Å². The Morgan fingerprint density at radius 2 is 1.75 bits per heavy atom. The fraction of sp³-hybridized carbons (Fsp3) is 0.0952. The van der Waals surface area contributed by atoms with Crippen molar-refractivity contribution in [3.05, 3.63) is 77.3 Å². The van der Waals surface area contributed by atoms with Crippen LogP contribution in [0.3, 0.4) is 0 Å². The van der Waals surface area contributed by atoms with Crippen molar-refractivity contribution in [2.24, 2.45) is 7.05 Å². The van der Waals surface area contributed by atoms with Crippen LogP contribution in [-0.4, -0.2) is 24.2 Å². The van der Waals surface area contributed by atoms with Gasteiger partial charge in [-0.3, -0.25) is 4.79 Å². The molecule has 4 aromatic rings. The van der Waals surface area contributed by atoms with Gasteiger partial charge in [0.2, 0.25) is 0 Å².